The van der Waals surface area contributed by atoms with Crippen LogP contribution in [-0.4, -0.2) is 34.3 Å². The van der Waals surface area contributed by atoms with Crippen LogP contribution in [0.25, 0.3) is 5.76 Å². The Morgan fingerprint density at radius 3 is 2.29 bits per heavy atom. The second kappa shape index (κ2) is 11.3. The molecule has 6 heteroatoms. The molecular weight excluding hydrogens is 514 g/mol. The molecule has 4 aromatic rings. The number of fused-ring (bicyclic) bond motifs is 1. The van der Waals surface area contributed by atoms with Crippen LogP contribution < -0.4 is 9.47 Å². The van der Waals surface area contributed by atoms with Crippen molar-refractivity contribution in [1.82, 2.24) is 4.90 Å². The van der Waals surface area contributed by atoms with Crippen LogP contribution in [0.2, 0.25) is 0 Å². The van der Waals surface area contributed by atoms with E-state index in [4.69, 9.17) is 9.47 Å². The molecule has 2 aliphatic rings. The summed E-state index contributed by atoms with van der Waals surface area (Å²) < 4.78 is 11.8. The summed E-state index contributed by atoms with van der Waals surface area (Å²) in [5.74, 6) is -0.0287. The fraction of sp³-hybridized carbons (Fsp3) is 0.200. The van der Waals surface area contributed by atoms with Crippen molar-refractivity contribution in [2.75, 3.05) is 6.54 Å². The van der Waals surface area contributed by atoms with Gasteiger partial charge in [-0.3, -0.25) is 9.59 Å². The molecule has 41 heavy (non-hydrogen) atoms. The molecule has 1 fully saturated rings. The van der Waals surface area contributed by atoms with Crippen molar-refractivity contribution in [2.45, 2.75) is 38.5 Å². The third-order valence-corrected chi connectivity index (χ3v) is 7.64. The van der Waals surface area contributed by atoms with Crippen molar-refractivity contribution in [3.8, 4) is 11.5 Å². The van der Waals surface area contributed by atoms with Crippen molar-refractivity contribution in [2.24, 2.45) is 0 Å². The Kier molecular flexibility index (Phi) is 7.30. The maximum absolute atomic E-state index is 13.5. The molecule has 0 radical (unpaired) electrons. The summed E-state index contributed by atoms with van der Waals surface area (Å²) in [6.07, 6.45) is 1.35. The van der Waals surface area contributed by atoms with Gasteiger partial charge in [0.1, 0.15) is 30.0 Å². The van der Waals surface area contributed by atoms with Crippen molar-refractivity contribution in [1.29, 1.82) is 0 Å². The molecule has 6 rings (SSSR count). The third kappa shape index (κ3) is 5.46. The smallest absolute Gasteiger partial charge is 0.295 e. The zero-order valence-electron chi connectivity index (χ0n) is 22.8. The van der Waals surface area contributed by atoms with Gasteiger partial charge in [-0.05, 0) is 65.9 Å². The van der Waals surface area contributed by atoms with Gasteiger partial charge in [0.05, 0.1) is 11.6 Å². The van der Waals surface area contributed by atoms with E-state index >= 15 is 0 Å². The Hall–Kier alpha value is -4.84. The number of aliphatic hydroxyl groups excluding tert-OH is 1. The number of amides is 1. The molecule has 0 aromatic heterocycles. The van der Waals surface area contributed by atoms with Gasteiger partial charge in [-0.25, -0.2) is 0 Å². The largest absolute Gasteiger partial charge is 0.507 e. The highest BCUT2D eigenvalue weighted by Crippen LogP contribution is 2.41. The van der Waals surface area contributed by atoms with E-state index in [1.165, 1.54) is 0 Å². The molecule has 4 aromatic carbocycles. The number of aliphatic hydroxyl groups is 1. The predicted octanol–water partition coefficient (Wildman–Crippen LogP) is 6.25. The van der Waals surface area contributed by atoms with Crippen LogP contribution in [0, 0.1) is 0 Å². The van der Waals surface area contributed by atoms with Gasteiger partial charge < -0.3 is 19.5 Å². The van der Waals surface area contributed by atoms with Gasteiger partial charge in [0.15, 0.2) is 0 Å². The average Bonchev–Trinajstić information content (AvgIpc) is 3.50. The molecule has 2 aliphatic heterocycles. The molecule has 206 valence electrons. The zero-order chi connectivity index (χ0) is 28.3. The lowest BCUT2D eigenvalue weighted by Crippen LogP contribution is -2.31. The summed E-state index contributed by atoms with van der Waals surface area (Å²) in [6, 6.07) is 31.8. The Bertz CT molecular complexity index is 1600. The predicted molar refractivity (Wildman–Crippen MR) is 157 cm³/mol. The molecule has 0 aliphatic carbocycles. The van der Waals surface area contributed by atoms with Crippen molar-refractivity contribution >= 4 is 17.4 Å². The highest BCUT2D eigenvalue weighted by molar-refractivity contribution is 6.46. The van der Waals surface area contributed by atoms with Gasteiger partial charge >= 0.3 is 0 Å². The van der Waals surface area contributed by atoms with E-state index in [2.05, 4.69) is 0 Å². The second-order valence-corrected chi connectivity index (χ2v) is 10.5. The number of carbonyl (C=O) groups excluding carboxylic acids is 2. The lowest BCUT2D eigenvalue weighted by atomic mass is 9.94. The van der Waals surface area contributed by atoms with Crippen molar-refractivity contribution in [3.63, 3.8) is 0 Å². The summed E-state index contributed by atoms with van der Waals surface area (Å²) >= 11 is 0. The first-order valence-electron chi connectivity index (χ1n) is 13.9. The number of hydrogen-bond donors (Lipinski definition) is 1. The first-order valence-corrected chi connectivity index (χ1v) is 13.9. The number of rotatable bonds is 8. The summed E-state index contributed by atoms with van der Waals surface area (Å²) in [4.78, 5) is 28.4. The summed E-state index contributed by atoms with van der Waals surface area (Å²) in [5, 5.41) is 11.5. The minimum Gasteiger partial charge on any atom is -0.507 e. The van der Waals surface area contributed by atoms with Crippen LogP contribution in [0.4, 0.5) is 0 Å². The van der Waals surface area contributed by atoms with E-state index in [9.17, 15) is 14.7 Å². The first kappa shape index (κ1) is 26.4. The number of nitrogens with zero attached hydrogens (tertiary/aromatic N) is 1. The first-order chi connectivity index (χ1) is 20.0. The molecule has 0 saturated carbocycles. The quantitative estimate of drug-likeness (QED) is 0.161. The fourth-order valence-electron chi connectivity index (χ4n) is 5.56. The minimum atomic E-state index is -0.731. The van der Waals surface area contributed by atoms with Crippen LogP contribution in [0.15, 0.2) is 109 Å². The molecule has 1 N–H and O–H groups in total. The topological polar surface area (TPSA) is 76.1 Å². The van der Waals surface area contributed by atoms with Gasteiger partial charge in [-0.15, -0.1) is 0 Å². The number of hydrogen-bond acceptors (Lipinski definition) is 5. The van der Waals surface area contributed by atoms with Crippen LogP contribution in [0.1, 0.15) is 40.8 Å². The van der Waals surface area contributed by atoms with E-state index in [1.807, 2.05) is 104 Å². The van der Waals surface area contributed by atoms with Gasteiger partial charge in [0, 0.05) is 18.5 Å². The summed E-state index contributed by atoms with van der Waals surface area (Å²) in [5.41, 5.74) is 4.40. The van der Waals surface area contributed by atoms with Gasteiger partial charge in [-0.2, -0.15) is 0 Å². The number of likely N-dealkylation sites (tertiary alicyclic amines) is 1. The molecular formula is C35H31NO5. The lowest BCUT2D eigenvalue weighted by Gasteiger charge is -2.25. The Morgan fingerprint density at radius 1 is 0.902 bits per heavy atom. The monoisotopic (exact) mass is 545 g/mol. The van der Waals surface area contributed by atoms with Gasteiger partial charge in [-0.1, -0.05) is 72.8 Å². The minimum absolute atomic E-state index is 0.0496. The third-order valence-electron chi connectivity index (χ3n) is 7.64. The van der Waals surface area contributed by atoms with E-state index in [-0.39, 0.29) is 17.4 Å². The number of carbonyl (C=O) groups is 2. The number of benzene rings is 4. The molecule has 2 heterocycles. The van der Waals surface area contributed by atoms with E-state index in [0.717, 1.165) is 34.4 Å². The molecule has 6 nitrogen and oxygen atoms in total. The van der Waals surface area contributed by atoms with Crippen LogP contribution in [-0.2, 0) is 29.0 Å². The molecule has 0 spiro atoms. The second-order valence-electron chi connectivity index (χ2n) is 10.5. The molecule has 1 amide bonds. The number of ketones is 1. The van der Waals surface area contributed by atoms with Crippen LogP contribution in [0.3, 0.4) is 0 Å². The van der Waals surface area contributed by atoms with E-state index in [0.29, 0.717) is 30.9 Å². The van der Waals surface area contributed by atoms with Gasteiger partial charge in [0.25, 0.3) is 11.7 Å². The highest BCUT2D eigenvalue weighted by atomic mass is 16.5. The zero-order valence-corrected chi connectivity index (χ0v) is 22.8. The van der Waals surface area contributed by atoms with E-state index < -0.39 is 17.7 Å². The summed E-state index contributed by atoms with van der Waals surface area (Å²) in [7, 11) is 0. The Balaban J connectivity index is 1.34. The SMILES string of the molecule is CC1Cc2cc(/C(O)=C3/C(=O)C(=O)N(CCc4ccccc4)C3c3ccc(OCc4ccccc4)cc3)ccc2O1. The molecule has 0 bridgehead atoms. The Labute approximate surface area is 239 Å². The van der Waals surface area contributed by atoms with E-state index in [1.54, 1.807) is 11.0 Å². The van der Waals surface area contributed by atoms with Crippen molar-refractivity contribution in [3.05, 3.63) is 137 Å². The van der Waals surface area contributed by atoms with Crippen LogP contribution in [0.5, 0.6) is 11.5 Å². The molecule has 2 unspecified atom stereocenters. The van der Waals surface area contributed by atoms with Crippen LogP contribution >= 0.6 is 0 Å². The number of Topliss-reactive ketones (excluding diaryl/α,β-unsaturated/α-hetero) is 1. The highest BCUT2D eigenvalue weighted by Gasteiger charge is 2.46. The summed E-state index contributed by atoms with van der Waals surface area (Å²) in [6.45, 7) is 2.75. The number of ether oxygens (including phenoxy) is 2. The average molecular weight is 546 g/mol. The lowest BCUT2D eigenvalue weighted by molar-refractivity contribution is -0.139. The fourth-order valence-corrected chi connectivity index (χ4v) is 5.56. The normalized spacial score (nSPS) is 19.2. The molecule has 1 saturated heterocycles. The van der Waals surface area contributed by atoms with Gasteiger partial charge in [0.2, 0.25) is 0 Å². The maximum Gasteiger partial charge on any atom is 0.295 e. The standard InChI is InChI=1S/C35H31NO5/c1-23-20-28-21-27(14-17-30(28)41-23)33(37)31-32(36(35(39)34(31)38)19-18-24-8-4-2-5-9-24)26-12-15-29(16-13-26)40-22-25-10-6-3-7-11-25/h2-17,21,23,32,37H,18-20,22H2,1H3/b33-31-. The Morgan fingerprint density at radius 2 is 1.59 bits per heavy atom. The van der Waals surface area contributed by atoms with Crippen molar-refractivity contribution < 1.29 is 24.2 Å². The molecule has 2 atom stereocenters. The maximum atomic E-state index is 13.5.